The van der Waals surface area contributed by atoms with Crippen LogP contribution in [0.2, 0.25) is 0 Å². The molecule has 0 amide bonds. The Kier molecular flexibility index (Phi) is 1.24. The Morgan fingerprint density at radius 3 is 1.89 bits per heavy atom. The van der Waals surface area contributed by atoms with E-state index in [-0.39, 0.29) is 17.8 Å². The van der Waals surface area contributed by atoms with Crippen molar-refractivity contribution in [1.29, 1.82) is 0 Å². The SMILES string of the molecule is Cl.O=C(O)C12CC(C1)C2. The molecular formula is C6H9ClO2. The van der Waals surface area contributed by atoms with Crippen LogP contribution in [0.15, 0.2) is 0 Å². The Labute approximate surface area is 59.7 Å². The summed E-state index contributed by atoms with van der Waals surface area (Å²) in [5, 5.41) is 8.53. The van der Waals surface area contributed by atoms with Gasteiger partial charge >= 0.3 is 5.97 Å². The lowest BCUT2D eigenvalue weighted by atomic mass is 9.44. The summed E-state index contributed by atoms with van der Waals surface area (Å²) in [5.74, 6) is 0.214. The molecule has 0 aromatic heterocycles. The largest absolute Gasteiger partial charge is 0.481 e. The molecule has 0 aromatic carbocycles. The minimum absolute atomic E-state index is 0. The van der Waals surface area contributed by atoms with Gasteiger partial charge in [0, 0.05) is 0 Å². The zero-order valence-electron chi connectivity index (χ0n) is 4.96. The first kappa shape index (κ1) is 6.87. The molecule has 2 bridgehead atoms. The predicted molar refractivity (Wildman–Crippen MR) is 34.7 cm³/mol. The number of rotatable bonds is 1. The third kappa shape index (κ3) is 0.597. The van der Waals surface area contributed by atoms with Gasteiger partial charge in [0.15, 0.2) is 0 Å². The molecule has 3 aliphatic rings. The number of carboxylic acids is 1. The van der Waals surface area contributed by atoms with E-state index in [0.717, 1.165) is 25.2 Å². The zero-order valence-corrected chi connectivity index (χ0v) is 5.78. The molecule has 3 fully saturated rings. The smallest absolute Gasteiger partial charge is 0.309 e. The van der Waals surface area contributed by atoms with Crippen LogP contribution >= 0.6 is 12.4 Å². The van der Waals surface area contributed by atoms with Crippen LogP contribution < -0.4 is 0 Å². The Hall–Kier alpha value is -0.240. The van der Waals surface area contributed by atoms with Crippen molar-refractivity contribution in [2.24, 2.45) is 11.3 Å². The maximum Gasteiger partial charge on any atom is 0.309 e. The van der Waals surface area contributed by atoms with Crippen molar-refractivity contribution >= 4 is 18.4 Å². The quantitative estimate of drug-likeness (QED) is 0.609. The lowest BCUT2D eigenvalue weighted by Gasteiger charge is -2.58. The Balaban J connectivity index is 0.000000405. The normalized spacial score (nSPS) is 43.8. The highest BCUT2D eigenvalue weighted by atomic mass is 35.5. The fourth-order valence-corrected chi connectivity index (χ4v) is 1.74. The second-order valence-electron chi connectivity index (χ2n) is 3.06. The monoisotopic (exact) mass is 148 g/mol. The first-order valence-corrected chi connectivity index (χ1v) is 2.96. The summed E-state index contributed by atoms with van der Waals surface area (Å²) in [7, 11) is 0. The summed E-state index contributed by atoms with van der Waals surface area (Å²) < 4.78 is 0. The standard InChI is InChI=1S/C6H8O2.ClH/c7-5(8)6-1-4(2-6)3-6;/h4H,1-3H2,(H,7,8);1H. The van der Waals surface area contributed by atoms with Crippen LogP contribution in [-0.2, 0) is 4.79 Å². The van der Waals surface area contributed by atoms with E-state index in [2.05, 4.69) is 0 Å². The molecule has 0 aliphatic heterocycles. The molecule has 3 rings (SSSR count). The molecule has 1 N–H and O–H groups in total. The Bertz CT molecular complexity index is 138. The van der Waals surface area contributed by atoms with Crippen LogP contribution in [0.5, 0.6) is 0 Å². The van der Waals surface area contributed by atoms with E-state index in [1.165, 1.54) is 0 Å². The molecular weight excluding hydrogens is 140 g/mol. The van der Waals surface area contributed by atoms with Gasteiger partial charge in [0.1, 0.15) is 0 Å². The molecule has 0 aromatic rings. The van der Waals surface area contributed by atoms with Gasteiger partial charge in [0.25, 0.3) is 0 Å². The van der Waals surface area contributed by atoms with Crippen molar-refractivity contribution in [2.75, 3.05) is 0 Å². The summed E-state index contributed by atoms with van der Waals surface area (Å²) in [4.78, 5) is 10.3. The summed E-state index contributed by atoms with van der Waals surface area (Å²) in [6, 6.07) is 0. The summed E-state index contributed by atoms with van der Waals surface area (Å²) in [5.41, 5.74) is -0.218. The van der Waals surface area contributed by atoms with Crippen LogP contribution in [0.3, 0.4) is 0 Å². The van der Waals surface area contributed by atoms with Crippen LogP contribution in [0, 0.1) is 11.3 Å². The molecule has 9 heavy (non-hydrogen) atoms. The number of hydrogen-bond donors (Lipinski definition) is 1. The first-order chi connectivity index (χ1) is 3.73. The van der Waals surface area contributed by atoms with Gasteiger partial charge in [-0.1, -0.05) is 0 Å². The van der Waals surface area contributed by atoms with Crippen molar-refractivity contribution < 1.29 is 9.90 Å². The first-order valence-electron chi connectivity index (χ1n) is 2.96. The van der Waals surface area contributed by atoms with E-state index in [9.17, 15) is 4.79 Å². The molecule has 3 saturated carbocycles. The summed E-state index contributed by atoms with van der Waals surface area (Å²) in [6.07, 6.45) is 2.88. The molecule has 0 spiro atoms. The minimum atomic E-state index is -0.569. The van der Waals surface area contributed by atoms with Crippen molar-refractivity contribution in [3.05, 3.63) is 0 Å². The lowest BCUT2D eigenvalue weighted by Crippen LogP contribution is -2.56. The maximum absolute atomic E-state index is 10.3. The highest BCUT2D eigenvalue weighted by Gasteiger charge is 2.61. The molecule has 2 nitrogen and oxygen atoms in total. The Morgan fingerprint density at radius 1 is 1.44 bits per heavy atom. The number of carbonyl (C=O) groups is 1. The third-order valence-electron chi connectivity index (χ3n) is 2.49. The maximum atomic E-state index is 10.3. The predicted octanol–water partition coefficient (Wildman–Crippen LogP) is 1.29. The number of aliphatic carboxylic acids is 1. The van der Waals surface area contributed by atoms with Crippen LogP contribution in [-0.4, -0.2) is 11.1 Å². The molecule has 0 unspecified atom stereocenters. The van der Waals surface area contributed by atoms with Crippen molar-refractivity contribution in [3.63, 3.8) is 0 Å². The molecule has 0 radical (unpaired) electrons. The van der Waals surface area contributed by atoms with Crippen molar-refractivity contribution in [1.82, 2.24) is 0 Å². The van der Waals surface area contributed by atoms with Gasteiger partial charge in [-0.2, -0.15) is 0 Å². The van der Waals surface area contributed by atoms with Gasteiger partial charge in [-0.05, 0) is 25.2 Å². The topological polar surface area (TPSA) is 37.3 Å². The van der Waals surface area contributed by atoms with Crippen LogP contribution in [0.4, 0.5) is 0 Å². The van der Waals surface area contributed by atoms with Gasteiger partial charge in [0.05, 0.1) is 5.41 Å². The molecule has 0 saturated heterocycles. The fourth-order valence-electron chi connectivity index (χ4n) is 1.74. The Morgan fingerprint density at radius 2 is 1.89 bits per heavy atom. The molecule has 3 aliphatic carbocycles. The van der Waals surface area contributed by atoms with Crippen molar-refractivity contribution in [3.8, 4) is 0 Å². The van der Waals surface area contributed by atoms with Gasteiger partial charge in [-0.25, -0.2) is 0 Å². The van der Waals surface area contributed by atoms with E-state index in [4.69, 9.17) is 5.11 Å². The second-order valence-corrected chi connectivity index (χ2v) is 3.06. The number of hydrogen-bond acceptors (Lipinski definition) is 1. The van der Waals surface area contributed by atoms with Gasteiger partial charge < -0.3 is 5.11 Å². The molecule has 3 heteroatoms. The summed E-state index contributed by atoms with van der Waals surface area (Å²) in [6.45, 7) is 0. The fraction of sp³-hybridized carbons (Fsp3) is 0.833. The molecule has 0 heterocycles. The molecule has 52 valence electrons. The van der Waals surface area contributed by atoms with Crippen LogP contribution in [0.25, 0.3) is 0 Å². The van der Waals surface area contributed by atoms with E-state index < -0.39 is 5.97 Å². The van der Waals surface area contributed by atoms with Gasteiger partial charge in [0.2, 0.25) is 0 Å². The summed E-state index contributed by atoms with van der Waals surface area (Å²) >= 11 is 0. The average molecular weight is 149 g/mol. The lowest BCUT2D eigenvalue weighted by molar-refractivity contribution is -0.184. The number of carboxylic acid groups (broad SMARTS) is 1. The number of halogens is 1. The van der Waals surface area contributed by atoms with Crippen molar-refractivity contribution in [2.45, 2.75) is 19.3 Å². The van der Waals surface area contributed by atoms with E-state index in [0.29, 0.717) is 0 Å². The highest BCUT2D eigenvalue weighted by molar-refractivity contribution is 5.85. The minimum Gasteiger partial charge on any atom is -0.481 e. The van der Waals surface area contributed by atoms with E-state index in [1.54, 1.807) is 0 Å². The van der Waals surface area contributed by atoms with Gasteiger partial charge in [-0.15, -0.1) is 12.4 Å². The third-order valence-corrected chi connectivity index (χ3v) is 2.49. The van der Waals surface area contributed by atoms with Gasteiger partial charge in [-0.3, -0.25) is 4.79 Å². The van der Waals surface area contributed by atoms with E-state index >= 15 is 0 Å². The van der Waals surface area contributed by atoms with E-state index in [1.807, 2.05) is 0 Å². The van der Waals surface area contributed by atoms with Crippen LogP contribution in [0.1, 0.15) is 19.3 Å². The zero-order chi connectivity index (χ0) is 5.78. The molecule has 0 atom stereocenters. The average Bonchev–Trinajstić information content (AvgIpc) is 1.16. The second kappa shape index (κ2) is 1.63. The highest BCUT2D eigenvalue weighted by Crippen LogP contribution is 2.64.